The smallest absolute Gasteiger partial charge is 0.332 e. The quantitative estimate of drug-likeness (QED) is 0.839. The van der Waals surface area contributed by atoms with Crippen molar-refractivity contribution in [1.82, 2.24) is 0 Å². The third kappa shape index (κ3) is 3.74. The van der Waals surface area contributed by atoms with Crippen LogP contribution in [-0.4, -0.2) is 24.0 Å². The van der Waals surface area contributed by atoms with Crippen LogP contribution < -0.4 is 9.64 Å². The van der Waals surface area contributed by atoms with Crippen LogP contribution in [0.2, 0.25) is 0 Å². The van der Waals surface area contributed by atoms with Gasteiger partial charge in [-0.3, -0.25) is 4.79 Å². The zero-order valence-corrected chi connectivity index (χ0v) is 14.6. The minimum absolute atomic E-state index is 0.0255. The van der Waals surface area contributed by atoms with Crippen LogP contribution in [0.1, 0.15) is 21.7 Å². The summed E-state index contributed by atoms with van der Waals surface area (Å²) in [6, 6.07) is 11.7. The van der Waals surface area contributed by atoms with E-state index in [2.05, 4.69) is 15.9 Å². The van der Waals surface area contributed by atoms with E-state index in [0.29, 0.717) is 11.3 Å². The molecule has 0 saturated carbocycles. The summed E-state index contributed by atoms with van der Waals surface area (Å²) in [6.07, 6.45) is 1.29. The number of carbonyl (C=O) groups excluding carboxylic acids is 1. The Hall–Kier alpha value is -2.60. The maximum absolute atomic E-state index is 12.8. The molecule has 2 aromatic rings. The summed E-state index contributed by atoms with van der Waals surface area (Å²) in [4.78, 5) is 25.7. The fourth-order valence-electron chi connectivity index (χ4n) is 2.66. The van der Waals surface area contributed by atoms with E-state index < -0.39 is 13.0 Å². The zero-order valence-electron chi connectivity index (χ0n) is 16.0. The molecule has 5 nitrogen and oxygen atoms in total. The Bertz CT molecular complexity index is 955. The molecule has 0 radical (unpaired) electrons. The van der Waals surface area contributed by atoms with Gasteiger partial charge in [-0.2, -0.15) is 0 Å². The highest BCUT2D eigenvalue weighted by atomic mass is 79.9. The molecule has 1 heterocycles. The highest BCUT2D eigenvalue weighted by Gasteiger charge is 2.26. The van der Waals surface area contributed by atoms with E-state index in [-0.39, 0.29) is 30.2 Å². The number of aliphatic carboxylic acids is 1. The fourth-order valence-corrected chi connectivity index (χ4v) is 3.01. The molecule has 0 saturated heterocycles. The fraction of sp³-hybridized carbons (Fsp3) is 0.158. The molecule has 0 unspecified atom stereocenters. The van der Waals surface area contributed by atoms with Gasteiger partial charge >= 0.3 is 5.97 Å². The number of ether oxygens (including phenoxy) is 1. The van der Waals surface area contributed by atoms with Gasteiger partial charge in [0.15, 0.2) is 0 Å². The number of methoxy groups -OCH3 is 1. The number of carboxylic acid groups (broad SMARTS) is 1. The second-order valence-electron chi connectivity index (χ2n) is 5.58. The van der Waals surface area contributed by atoms with Gasteiger partial charge in [-0.25, -0.2) is 4.79 Å². The van der Waals surface area contributed by atoms with Crippen molar-refractivity contribution in [2.45, 2.75) is 13.0 Å². The summed E-state index contributed by atoms with van der Waals surface area (Å²) in [7, 11) is -2.54. The number of hydrogen-bond donors (Lipinski definition) is 1. The summed E-state index contributed by atoms with van der Waals surface area (Å²) in [6.45, 7) is 0.205. The number of fused-ring (bicyclic) bond motifs is 1. The number of rotatable bonds is 4. The summed E-state index contributed by atoms with van der Waals surface area (Å²) in [5, 5.41) is 9.35. The number of carboxylic acids is 1. The van der Waals surface area contributed by atoms with Crippen molar-refractivity contribution >= 4 is 39.6 Å². The third-order valence-corrected chi connectivity index (χ3v) is 4.41. The van der Waals surface area contributed by atoms with Crippen LogP contribution in [0, 0.1) is 0 Å². The molecule has 6 heteroatoms. The van der Waals surface area contributed by atoms with Crippen LogP contribution in [0.25, 0.3) is 6.08 Å². The molecule has 0 atom stereocenters. The van der Waals surface area contributed by atoms with Gasteiger partial charge in [-0.1, -0.05) is 34.1 Å². The molecule has 1 N–H and O–H groups in total. The van der Waals surface area contributed by atoms with Crippen LogP contribution in [0.3, 0.4) is 0 Å². The van der Waals surface area contributed by atoms with E-state index in [9.17, 15) is 14.7 Å². The lowest BCUT2D eigenvalue weighted by Crippen LogP contribution is -2.30. The van der Waals surface area contributed by atoms with Gasteiger partial charge in [0.25, 0.3) is 0 Å². The number of amides is 1. The van der Waals surface area contributed by atoms with E-state index in [0.717, 1.165) is 10.0 Å². The number of halogens is 1. The molecule has 128 valence electrons. The van der Waals surface area contributed by atoms with Crippen LogP contribution in [0.5, 0.6) is 5.75 Å². The van der Waals surface area contributed by atoms with Crippen molar-refractivity contribution in [1.29, 1.82) is 0 Å². The van der Waals surface area contributed by atoms with Crippen molar-refractivity contribution < 1.29 is 23.5 Å². The number of hydrogen-bond acceptors (Lipinski definition) is 3. The molecule has 3 rings (SSSR count). The molecule has 25 heavy (non-hydrogen) atoms. The van der Waals surface area contributed by atoms with E-state index in [1.807, 2.05) is 0 Å². The summed E-state index contributed by atoms with van der Waals surface area (Å²) >= 11 is 3.39. The minimum atomic E-state index is -2.54. The van der Waals surface area contributed by atoms with Gasteiger partial charge in [-0.15, -0.1) is 0 Å². The lowest BCUT2D eigenvalue weighted by Gasteiger charge is -2.23. The lowest BCUT2D eigenvalue weighted by atomic mass is 10.1. The van der Waals surface area contributed by atoms with Gasteiger partial charge in [0.2, 0.25) is 5.91 Å². The topological polar surface area (TPSA) is 66.8 Å². The van der Waals surface area contributed by atoms with Crippen molar-refractivity contribution in [2.75, 3.05) is 11.9 Å². The molecule has 0 aliphatic carbocycles. The Balaban J connectivity index is 1.91. The largest absolute Gasteiger partial charge is 0.497 e. The number of carbonyl (C=O) groups is 2. The molecular formula is C19H16BrNO4. The maximum atomic E-state index is 12.8. The predicted molar refractivity (Wildman–Crippen MR) is 98.6 cm³/mol. The van der Waals surface area contributed by atoms with Gasteiger partial charge < -0.3 is 14.7 Å². The Morgan fingerprint density at radius 3 is 2.76 bits per heavy atom. The first-order valence-corrected chi connectivity index (χ1v) is 8.23. The number of anilines is 1. The van der Waals surface area contributed by atoms with E-state index in [4.69, 9.17) is 8.85 Å². The summed E-state index contributed by atoms with van der Waals surface area (Å²) < 4.78 is 27.0. The molecule has 0 fully saturated rings. The molecule has 1 aliphatic rings. The Kier molecular flexibility index (Phi) is 3.88. The molecule has 0 spiro atoms. The molecule has 0 aromatic heterocycles. The third-order valence-electron chi connectivity index (χ3n) is 3.91. The standard InChI is InChI=1S/C19H16BrNO4/c1-25-16-6-2-12(3-7-16)11-21-17-10-15(20)5-4-13(17)8-14(19(23)24)9-18(21)22/h2-8,10H,9,11H2,1H3,(H,23,24)/i1D3. The average molecular weight is 405 g/mol. The van der Waals surface area contributed by atoms with Crippen molar-refractivity contribution in [2.24, 2.45) is 0 Å². The second-order valence-corrected chi connectivity index (χ2v) is 6.50. The first kappa shape index (κ1) is 13.7. The summed E-state index contributed by atoms with van der Waals surface area (Å²) in [5.41, 5.74) is 2.00. The van der Waals surface area contributed by atoms with E-state index >= 15 is 0 Å². The van der Waals surface area contributed by atoms with Crippen molar-refractivity contribution in [3.63, 3.8) is 0 Å². The average Bonchev–Trinajstić information content (AvgIpc) is 2.73. The minimum Gasteiger partial charge on any atom is -0.497 e. The normalized spacial score (nSPS) is 16.0. The van der Waals surface area contributed by atoms with Gasteiger partial charge in [-0.05, 0) is 41.5 Å². The van der Waals surface area contributed by atoms with Crippen LogP contribution >= 0.6 is 15.9 Å². The molecule has 1 amide bonds. The van der Waals surface area contributed by atoms with Gasteiger partial charge in [0.05, 0.1) is 29.8 Å². The number of nitrogens with zero attached hydrogens (tertiary/aromatic N) is 1. The molecule has 1 aliphatic heterocycles. The van der Waals surface area contributed by atoms with Gasteiger partial charge in [0, 0.05) is 10.0 Å². The Morgan fingerprint density at radius 1 is 1.32 bits per heavy atom. The summed E-state index contributed by atoms with van der Waals surface area (Å²) in [5.74, 6) is -1.27. The predicted octanol–water partition coefficient (Wildman–Crippen LogP) is 3.86. The maximum Gasteiger partial charge on any atom is 0.332 e. The highest BCUT2D eigenvalue weighted by molar-refractivity contribution is 9.10. The molecule has 2 aromatic carbocycles. The molecule has 0 bridgehead atoms. The highest BCUT2D eigenvalue weighted by Crippen LogP contribution is 2.32. The van der Waals surface area contributed by atoms with Gasteiger partial charge in [0.1, 0.15) is 5.75 Å². The van der Waals surface area contributed by atoms with E-state index in [1.54, 1.807) is 30.3 Å². The Morgan fingerprint density at radius 2 is 2.08 bits per heavy atom. The first-order valence-electron chi connectivity index (χ1n) is 8.94. The van der Waals surface area contributed by atoms with Crippen LogP contribution in [0.15, 0.2) is 52.5 Å². The SMILES string of the molecule is [2H]C([2H])([2H])Oc1ccc(CN2C(=O)CC(C(=O)O)=Cc3ccc(Br)cc32)cc1. The van der Waals surface area contributed by atoms with E-state index in [1.165, 1.54) is 23.1 Å². The Labute approximate surface area is 157 Å². The van der Waals surface area contributed by atoms with Crippen LogP contribution in [0.4, 0.5) is 5.69 Å². The second kappa shape index (κ2) is 7.11. The monoisotopic (exact) mass is 404 g/mol. The first-order chi connectivity index (χ1) is 13.1. The lowest BCUT2D eigenvalue weighted by molar-refractivity contribution is -0.133. The van der Waals surface area contributed by atoms with Crippen molar-refractivity contribution in [3.05, 3.63) is 63.6 Å². The molecular weight excluding hydrogens is 386 g/mol. The van der Waals surface area contributed by atoms with Crippen LogP contribution in [-0.2, 0) is 16.1 Å². The zero-order chi connectivity index (χ0) is 20.5. The van der Waals surface area contributed by atoms with Crippen molar-refractivity contribution in [3.8, 4) is 5.75 Å². The number of benzene rings is 2.